The van der Waals surface area contributed by atoms with Gasteiger partial charge in [0.05, 0.1) is 0 Å². The maximum Gasteiger partial charge on any atom is 0.211 e. The Labute approximate surface area is 122 Å². The van der Waals surface area contributed by atoms with Crippen LogP contribution < -0.4 is 10.6 Å². The third-order valence-electron chi connectivity index (χ3n) is 3.49. The topological polar surface area (TPSA) is 62.7 Å². The fourth-order valence-electron chi connectivity index (χ4n) is 2.41. The Balaban J connectivity index is 1.73. The molecule has 0 unspecified atom stereocenters. The van der Waals surface area contributed by atoms with Gasteiger partial charge in [0.15, 0.2) is 0 Å². The van der Waals surface area contributed by atoms with E-state index in [1.165, 1.54) is 12.8 Å². The molecule has 0 aromatic carbocycles. The second-order valence-corrected chi connectivity index (χ2v) is 6.03. The van der Waals surface area contributed by atoms with Gasteiger partial charge in [-0.25, -0.2) is 4.98 Å². The summed E-state index contributed by atoms with van der Waals surface area (Å²) in [7, 11) is 0. The van der Waals surface area contributed by atoms with Crippen LogP contribution in [0.5, 0.6) is 0 Å². The van der Waals surface area contributed by atoms with Crippen LogP contribution in [0.25, 0.3) is 0 Å². The molecule has 5 nitrogen and oxygen atoms in total. The minimum atomic E-state index is 0.520. The molecule has 3 heterocycles. The molecule has 1 fully saturated rings. The van der Waals surface area contributed by atoms with Crippen molar-refractivity contribution in [2.45, 2.75) is 32.1 Å². The van der Waals surface area contributed by atoms with Crippen molar-refractivity contribution in [1.29, 1.82) is 0 Å². The van der Waals surface area contributed by atoms with Gasteiger partial charge < -0.3 is 10.6 Å². The van der Waals surface area contributed by atoms with Crippen LogP contribution in [0, 0.1) is 0 Å². The number of piperidine rings is 1. The number of pyridine rings is 1. The lowest BCUT2D eigenvalue weighted by molar-refractivity contribution is 0.455. The van der Waals surface area contributed by atoms with Crippen molar-refractivity contribution < 1.29 is 0 Å². The number of aromatic nitrogens is 3. The number of rotatable bonds is 4. The predicted octanol–water partition coefficient (Wildman–Crippen LogP) is 2.71. The molecule has 106 valence electrons. The molecule has 20 heavy (non-hydrogen) atoms. The van der Waals surface area contributed by atoms with Crippen LogP contribution in [0.3, 0.4) is 0 Å². The lowest BCUT2D eigenvalue weighted by Gasteiger charge is -2.22. The molecule has 2 N–H and O–H groups in total. The number of aryl methyl sites for hydroxylation is 1. The van der Waals surface area contributed by atoms with Gasteiger partial charge in [-0.2, -0.15) is 0 Å². The molecule has 0 radical (unpaired) electrons. The van der Waals surface area contributed by atoms with E-state index in [1.54, 1.807) is 11.3 Å². The Morgan fingerprint density at radius 1 is 1.40 bits per heavy atom. The molecule has 2 aromatic heterocycles. The molecule has 6 heteroatoms. The highest BCUT2D eigenvalue weighted by Gasteiger charge is 2.16. The average Bonchev–Trinajstić information content (AvgIpc) is 2.96. The fourth-order valence-corrected chi connectivity index (χ4v) is 3.10. The Bertz CT molecular complexity index is 562. The van der Waals surface area contributed by atoms with Gasteiger partial charge in [0.2, 0.25) is 5.13 Å². The Morgan fingerprint density at radius 2 is 2.35 bits per heavy atom. The van der Waals surface area contributed by atoms with E-state index >= 15 is 0 Å². The Kier molecular flexibility index (Phi) is 4.22. The van der Waals surface area contributed by atoms with Crippen molar-refractivity contribution in [2.75, 3.05) is 18.4 Å². The standard InChI is InChI=1S/C14H19N5S/c1-2-13-18-19-14(20-13)17-12-7-3-6-11(16-12)10-5-4-8-15-9-10/h3,6-7,10,15H,2,4-5,8-9H2,1H3,(H,16,17,19)/t10-/m1/s1. The van der Waals surface area contributed by atoms with Crippen molar-refractivity contribution in [3.05, 3.63) is 28.9 Å². The van der Waals surface area contributed by atoms with E-state index in [4.69, 9.17) is 4.98 Å². The predicted molar refractivity (Wildman–Crippen MR) is 81.7 cm³/mol. The molecule has 1 aliphatic rings. The summed E-state index contributed by atoms with van der Waals surface area (Å²) >= 11 is 1.58. The van der Waals surface area contributed by atoms with E-state index in [-0.39, 0.29) is 0 Å². The van der Waals surface area contributed by atoms with E-state index in [0.717, 1.165) is 41.2 Å². The smallest absolute Gasteiger partial charge is 0.211 e. The van der Waals surface area contributed by atoms with Gasteiger partial charge in [-0.15, -0.1) is 10.2 Å². The maximum absolute atomic E-state index is 4.71. The van der Waals surface area contributed by atoms with Crippen molar-refractivity contribution >= 4 is 22.3 Å². The molecule has 3 rings (SSSR count). The van der Waals surface area contributed by atoms with Crippen LogP contribution in [-0.4, -0.2) is 28.3 Å². The molecule has 0 spiro atoms. The number of nitrogens with one attached hydrogen (secondary N) is 2. The molecular weight excluding hydrogens is 270 g/mol. The summed E-state index contributed by atoms with van der Waals surface area (Å²) in [5.74, 6) is 1.37. The number of hydrogen-bond donors (Lipinski definition) is 2. The summed E-state index contributed by atoms with van der Waals surface area (Å²) in [6.07, 6.45) is 3.35. The van der Waals surface area contributed by atoms with Crippen LogP contribution in [0.15, 0.2) is 18.2 Å². The minimum absolute atomic E-state index is 0.520. The summed E-state index contributed by atoms with van der Waals surface area (Å²) in [5.41, 5.74) is 1.16. The zero-order valence-electron chi connectivity index (χ0n) is 11.6. The lowest BCUT2D eigenvalue weighted by Crippen LogP contribution is -2.28. The molecule has 1 aliphatic heterocycles. The molecule has 1 atom stereocenters. The van der Waals surface area contributed by atoms with Crippen LogP contribution in [-0.2, 0) is 6.42 Å². The van der Waals surface area contributed by atoms with Gasteiger partial charge in [0.1, 0.15) is 10.8 Å². The minimum Gasteiger partial charge on any atom is -0.316 e. The van der Waals surface area contributed by atoms with Crippen molar-refractivity contribution in [3.63, 3.8) is 0 Å². The van der Waals surface area contributed by atoms with Gasteiger partial charge >= 0.3 is 0 Å². The maximum atomic E-state index is 4.71. The monoisotopic (exact) mass is 289 g/mol. The van der Waals surface area contributed by atoms with E-state index in [2.05, 4.69) is 39.9 Å². The highest BCUT2D eigenvalue weighted by atomic mass is 32.1. The fraction of sp³-hybridized carbons (Fsp3) is 0.500. The van der Waals surface area contributed by atoms with Gasteiger partial charge in [-0.3, -0.25) is 0 Å². The number of nitrogens with zero attached hydrogens (tertiary/aromatic N) is 3. The zero-order valence-corrected chi connectivity index (χ0v) is 12.4. The normalized spacial score (nSPS) is 18.9. The van der Waals surface area contributed by atoms with E-state index in [9.17, 15) is 0 Å². The first-order valence-electron chi connectivity index (χ1n) is 7.12. The molecule has 0 saturated carbocycles. The highest BCUT2D eigenvalue weighted by Crippen LogP contribution is 2.24. The van der Waals surface area contributed by atoms with Crippen LogP contribution in [0.4, 0.5) is 10.9 Å². The molecule has 2 aromatic rings. The molecule has 1 saturated heterocycles. The van der Waals surface area contributed by atoms with Gasteiger partial charge in [0.25, 0.3) is 0 Å². The van der Waals surface area contributed by atoms with Crippen molar-refractivity contribution in [1.82, 2.24) is 20.5 Å². The van der Waals surface area contributed by atoms with Gasteiger partial charge in [-0.05, 0) is 37.9 Å². The van der Waals surface area contributed by atoms with E-state index in [1.807, 2.05) is 6.07 Å². The first kappa shape index (κ1) is 13.5. The second-order valence-electron chi connectivity index (χ2n) is 4.97. The summed E-state index contributed by atoms with van der Waals surface area (Å²) in [4.78, 5) is 4.71. The van der Waals surface area contributed by atoms with Crippen LogP contribution >= 0.6 is 11.3 Å². The summed E-state index contributed by atoms with van der Waals surface area (Å²) in [5, 5.41) is 16.8. The van der Waals surface area contributed by atoms with Crippen LogP contribution in [0.1, 0.15) is 36.4 Å². The summed E-state index contributed by atoms with van der Waals surface area (Å²) in [6.45, 7) is 4.23. The van der Waals surface area contributed by atoms with E-state index in [0.29, 0.717) is 5.92 Å². The summed E-state index contributed by atoms with van der Waals surface area (Å²) < 4.78 is 0. The number of hydrogen-bond acceptors (Lipinski definition) is 6. The highest BCUT2D eigenvalue weighted by molar-refractivity contribution is 7.15. The Hall–Kier alpha value is -1.53. The Morgan fingerprint density at radius 3 is 3.10 bits per heavy atom. The van der Waals surface area contributed by atoms with E-state index < -0.39 is 0 Å². The lowest BCUT2D eigenvalue weighted by atomic mass is 9.96. The van der Waals surface area contributed by atoms with Crippen LogP contribution in [0.2, 0.25) is 0 Å². The first-order chi connectivity index (χ1) is 9.85. The third kappa shape index (κ3) is 3.13. The second kappa shape index (κ2) is 6.28. The quantitative estimate of drug-likeness (QED) is 0.906. The number of anilines is 2. The van der Waals surface area contributed by atoms with Crippen molar-refractivity contribution in [3.8, 4) is 0 Å². The average molecular weight is 289 g/mol. The first-order valence-corrected chi connectivity index (χ1v) is 7.94. The van der Waals surface area contributed by atoms with Gasteiger partial charge in [0, 0.05) is 18.2 Å². The largest absolute Gasteiger partial charge is 0.316 e. The zero-order chi connectivity index (χ0) is 13.8. The molecule has 0 aliphatic carbocycles. The molecule has 0 bridgehead atoms. The molecular formula is C14H19N5S. The SMILES string of the molecule is CCc1nnc(Nc2cccc([C@@H]3CCCNC3)n2)s1. The van der Waals surface area contributed by atoms with Crippen molar-refractivity contribution in [2.24, 2.45) is 0 Å². The summed E-state index contributed by atoms with van der Waals surface area (Å²) in [6, 6.07) is 6.15. The third-order valence-corrected chi connectivity index (χ3v) is 4.47. The molecule has 0 amide bonds. The van der Waals surface area contributed by atoms with Gasteiger partial charge in [-0.1, -0.05) is 24.3 Å².